The number of hydrogen-bond acceptors (Lipinski definition) is 5. The van der Waals surface area contributed by atoms with Crippen LogP contribution in [0.15, 0.2) is 48.5 Å². The van der Waals surface area contributed by atoms with Gasteiger partial charge in [-0.3, -0.25) is 16.0 Å². The van der Waals surface area contributed by atoms with Crippen LogP contribution in [0, 0.1) is 10.1 Å². The van der Waals surface area contributed by atoms with Crippen molar-refractivity contribution < 1.29 is 4.92 Å². The molecule has 6 nitrogen and oxygen atoms in total. The van der Waals surface area contributed by atoms with Gasteiger partial charge in [-0.2, -0.15) is 0 Å². The highest BCUT2D eigenvalue weighted by atomic mass is 16.6. The van der Waals surface area contributed by atoms with Crippen LogP contribution >= 0.6 is 0 Å². The van der Waals surface area contributed by atoms with Crippen LogP contribution in [0.5, 0.6) is 0 Å². The molecule has 0 saturated carbocycles. The van der Waals surface area contributed by atoms with Gasteiger partial charge in [0.2, 0.25) is 0 Å². The van der Waals surface area contributed by atoms with E-state index in [9.17, 15) is 10.1 Å². The molecule has 21 heavy (non-hydrogen) atoms. The zero-order valence-electron chi connectivity index (χ0n) is 11.8. The minimum Gasteiger partial charge on any atom is -0.367 e. The van der Waals surface area contributed by atoms with Gasteiger partial charge in [-0.15, -0.1) is 0 Å². The number of nitrogen functional groups attached to an aromatic ring is 1. The SMILES string of the molecule is CCN(Cc1ccc([N+](=O)[O-])c(NN)c1)c1ccccc1. The molecule has 0 fully saturated rings. The van der Waals surface area contributed by atoms with E-state index in [0.29, 0.717) is 12.2 Å². The van der Waals surface area contributed by atoms with Crippen molar-refractivity contribution in [1.82, 2.24) is 0 Å². The first-order chi connectivity index (χ1) is 10.2. The van der Waals surface area contributed by atoms with Gasteiger partial charge in [0, 0.05) is 24.8 Å². The fourth-order valence-electron chi connectivity index (χ4n) is 2.20. The molecule has 0 spiro atoms. The number of rotatable bonds is 6. The number of nitrogens with one attached hydrogen (secondary N) is 1. The Morgan fingerprint density at radius 1 is 1.24 bits per heavy atom. The topological polar surface area (TPSA) is 84.4 Å². The van der Waals surface area contributed by atoms with Gasteiger partial charge < -0.3 is 10.3 Å². The summed E-state index contributed by atoms with van der Waals surface area (Å²) >= 11 is 0. The monoisotopic (exact) mass is 286 g/mol. The van der Waals surface area contributed by atoms with E-state index in [0.717, 1.165) is 17.8 Å². The average Bonchev–Trinajstić information content (AvgIpc) is 2.53. The van der Waals surface area contributed by atoms with Gasteiger partial charge in [-0.25, -0.2) is 0 Å². The quantitative estimate of drug-likeness (QED) is 0.484. The molecule has 110 valence electrons. The van der Waals surface area contributed by atoms with Crippen molar-refractivity contribution in [3.8, 4) is 0 Å². The minimum atomic E-state index is -0.451. The second-order valence-corrected chi connectivity index (χ2v) is 4.60. The first-order valence-electron chi connectivity index (χ1n) is 6.69. The van der Waals surface area contributed by atoms with E-state index in [1.165, 1.54) is 6.07 Å². The molecule has 0 aliphatic carbocycles. The molecular formula is C15H18N4O2. The van der Waals surface area contributed by atoms with Crippen molar-refractivity contribution in [1.29, 1.82) is 0 Å². The number of nitro benzene ring substituents is 1. The van der Waals surface area contributed by atoms with E-state index in [4.69, 9.17) is 5.84 Å². The molecular weight excluding hydrogens is 268 g/mol. The lowest BCUT2D eigenvalue weighted by molar-refractivity contribution is -0.384. The van der Waals surface area contributed by atoms with Crippen LogP contribution in [-0.2, 0) is 6.54 Å². The third-order valence-corrected chi connectivity index (χ3v) is 3.29. The van der Waals surface area contributed by atoms with Crippen LogP contribution in [0.1, 0.15) is 12.5 Å². The van der Waals surface area contributed by atoms with E-state index >= 15 is 0 Å². The van der Waals surface area contributed by atoms with Crippen LogP contribution in [-0.4, -0.2) is 11.5 Å². The maximum atomic E-state index is 10.9. The maximum Gasteiger partial charge on any atom is 0.293 e. The molecule has 0 amide bonds. The van der Waals surface area contributed by atoms with Crippen molar-refractivity contribution in [2.24, 2.45) is 5.84 Å². The number of nitrogens with two attached hydrogens (primary N) is 1. The fourth-order valence-corrected chi connectivity index (χ4v) is 2.20. The average molecular weight is 286 g/mol. The molecule has 0 saturated heterocycles. The molecule has 0 aliphatic heterocycles. The lowest BCUT2D eigenvalue weighted by Crippen LogP contribution is -2.22. The molecule has 0 radical (unpaired) electrons. The van der Waals surface area contributed by atoms with Crippen molar-refractivity contribution in [3.63, 3.8) is 0 Å². The first kappa shape index (κ1) is 14.8. The van der Waals surface area contributed by atoms with Crippen molar-refractivity contribution >= 4 is 17.1 Å². The smallest absolute Gasteiger partial charge is 0.293 e. The molecule has 2 aromatic carbocycles. The van der Waals surface area contributed by atoms with Crippen molar-refractivity contribution in [2.75, 3.05) is 16.9 Å². The zero-order chi connectivity index (χ0) is 15.2. The van der Waals surface area contributed by atoms with Gasteiger partial charge in [0.15, 0.2) is 0 Å². The van der Waals surface area contributed by atoms with Gasteiger partial charge in [0.1, 0.15) is 5.69 Å². The van der Waals surface area contributed by atoms with E-state index in [1.807, 2.05) is 30.3 Å². The molecule has 0 atom stereocenters. The number of nitrogens with zero attached hydrogens (tertiary/aromatic N) is 2. The lowest BCUT2D eigenvalue weighted by Gasteiger charge is -2.23. The van der Waals surface area contributed by atoms with Gasteiger partial charge >= 0.3 is 0 Å². The number of nitro groups is 1. The van der Waals surface area contributed by atoms with Crippen LogP contribution in [0.25, 0.3) is 0 Å². The Hall–Kier alpha value is -2.60. The lowest BCUT2D eigenvalue weighted by atomic mass is 10.1. The molecule has 0 bridgehead atoms. The zero-order valence-corrected chi connectivity index (χ0v) is 11.8. The summed E-state index contributed by atoms with van der Waals surface area (Å²) in [6.45, 7) is 3.57. The normalized spacial score (nSPS) is 10.2. The Balaban J connectivity index is 2.24. The Labute approximate surface area is 123 Å². The molecule has 2 aromatic rings. The molecule has 0 aromatic heterocycles. The van der Waals surface area contributed by atoms with Crippen LogP contribution in [0.3, 0.4) is 0 Å². The maximum absolute atomic E-state index is 10.9. The summed E-state index contributed by atoms with van der Waals surface area (Å²) in [7, 11) is 0. The molecule has 0 heterocycles. The number of anilines is 2. The van der Waals surface area contributed by atoms with E-state index in [1.54, 1.807) is 12.1 Å². The fraction of sp³-hybridized carbons (Fsp3) is 0.200. The molecule has 6 heteroatoms. The number of benzene rings is 2. The third-order valence-electron chi connectivity index (χ3n) is 3.29. The standard InChI is InChI=1S/C15H18N4O2/c1-2-18(13-6-4-3-5-7-13)11-12-8-9-15(19(20)21)14(10-12)17-16/h3-10,17H,2,11,16H2,1H3. The highest BCUT2D eigenvalue weighted by Gasteiger charge is 2.14. The molecule has 2 rings (SSSR count). The summed E-state index contributed by atoms with van der Waals surface area (Å²) in [6.07, 6.45) is 0. The number of para-hydroxylation sites is 1. The molecule has 0 aliphatic rings. The van der Waals surface area contributed by atoms with Crippen LogP contribution in [0.4, 0.5) is 17.1 Å². The van der Waals surface area contributed by atoms with Gasteiger partial charge in [-0.05, 0) is 30.7 Å². The van der Waals surface area contributed by atoms with Gasteiger partial charge in [0.05, 0.1) is 4.92 Å². The van der Waals surface area contributed by atoms with Gasteiger partial charge in [0.25, 0.3) is 5.69 Å². The molecule has 3 N–H and O–H groups in total. The summed E-state index contributed by atoms with van der Waals surface area (Å²) in [5.41, 5.74) is 4.75. The van der Waals surface area contributed by atoms with E-state index in [2.05, 4.69) is 17.2 Å². The molecule has 0 unspecified atom stereocenters. The largest absolute Gasteiger partial charge is 0.367 e. The van der Waals surface area contributed by atoms with Crippen molar-refractivity contribution in [2.45, 2.75) is 13.5 Å². The Bertz CT molecular complexity index is 616. The summed E-state index contributed by atoms with van der Waals surface area (Å²) in [6, 6.07) is 15.0. The highest BCUT2D eigenvalue weighted by molar-refractivity contribution is 5.62. The van der Waals surface area contributed by atoms with Gasteiger partial charge in [-0.1, -0.05) is 24.3 Å². The Morgan fingerprint density at radius 2 is 1.95 bits per heavy atom. The summed E-state index contributed by atoms with van der Waals surface area (Å²) in [5.74, 6) is 5.36. The number of hydrogen-bond donors (Lipinski definition) is 2. The Kier molecular flexibility index (Phi) is 4.73. The van der Waals surface area contributed by atoms with E-state index in [-0.39, 0.29) is 5.69 Å². The number of hydrazine groups is 1. The van der Waals surface area contributed by atoms with Crippen LogP contribution in [0.2, 0.25) is 0 Å². The Morgan fingerprint density at radius 3 is 2.52 bits per heavy atom. The van der Waals surface area contributed by atoms with E-state index < -0.39 is 4.92 Å². The highest BCUT2D eigenvalue weighted by Crippen LogP contribution is 2.26. The van der Waals surface area contributed by atoms with Crippen LogP contribution < -0.4 is 16.2 Å². The summed E-state index contributed by atoms with van der Waals surface area (Å²) in [4.78, 5) is 12.6. The third kappa shape index (κ3) is 3.49. The predicted molar refractivity (Wildman–Crippen MR) is 84.1 cm³/mol. The summed E-state index contributed by atoms with van der Waals surface area (Å²) in [5, 5.41) is 10.9. The second kappa shape index (κ2) is 6.71. The predicted octanol–water partition coefficient (Wildman–Crippen LogP) is 2.91. The van der Waals surface area contributed by atoms with Crippen molar-refractivity contribution in [3.05, 3.63) is 64.2 Å². The summed E-state index contributed by atoms with van der Waals surface area (Å²) < 4.78 is 0. The minimum absolute atomic E-state index is 0.0241. The first-order valence-corrected chi connectivity index (χ1v) is 6.69. The second-order valence-electron chi connectivity index (χ2n) is 4.60.